The van der Waals surface area contributed by atoms with E-state index in [1.165, 1.54) is 23.1 Å². The number of halogens is 7. The van der Waals surface area contributed by atoms with Gasteiger partial charge in [0, 0.05) is 24.3 Å². The summed E-state index contributed by atoms with van der Waals surface area (Å²) in [6.45, 7) is 3.04. The normalized spacial score (nSPS) is 13.3. The van der Waals surface area contributed by atoms with E-state index in [9.17, 15) is 35.5 Å². The maximum atomic E-state index is 13.1. The lowest BCUT2D eigenvalue weighted by Gasteiger charge is -2.27. The Morgan fingerprint density at radius 3 is 2.18 bits per heavy atom. The Hall–Kier alpha value is -1.81. The van der Waals surface area contributed by atoms with E-state index in [0.717, 1.165) is 0 Å². The molecule has 126 valence electrons. The fraction of sp³-hybridized carbons (Fsp3) is 0.636. The van der Waals surface area contributed by atoms with Crippen molar-refractivity contribution >= 4 is 5.91 Å². The fourth-order valence-electron chi connectivity index (χ4n) is 1.58. The lowest BCUT2D eigenvalue weighted by Crippen LogP contribution is -2.59. The van der Waals surface area contributed by atoms with E-state index >= 15 is 0 Å². The Bertz CT molecular complexity index is 550. The maximum absolute atomic E-state index is 13.1. The van der Waals surface area contributed by atoms with Crippen molar-refractivity contribution in [3.63, 3.8) is 0 Å². The van der Waals surface area contributed by atoms with Crippen LogP contribution in [-0.2, 0) is 17.9 Å². The Morgan fingerprint density at radius 1 is 1.23 bits per heavy atom. The van der Waals surface area contributed by atoms with Crippen LogP contribution in [-0.4, -0.2) is 33.7 Å². The average molecular weight is 335 g/mol. The number of carbonyl (C=O) groups excluding carboxylic acids is 1. The summed E-state index contributed by atoms with van der Waals surface area (Å²) < 4.78 is 88.7. The van der Waals surface area contributed by atoms with Gasteiger partial charge in [0.2, 0.25) is 0 Å². The number of aromatic nitrogens is 2. The van der Waals surface area contributed by atoms with E-state index < -0.39 is 30.5 Å². The number of nitrogens with one attached hydrogen (secondary N) is 1. The molecule has 1 rings (SSSR count). The molecule has 1 N–H and O–H groups in total. The number of nitrogens with zero attached hydrogens (tertiary/aromatic N) is 2. The molecule has 0 aliphatic carbocycles. The monoisotopic (exact) mass is 335 g/mol. The van der Waals surface area contributed by atoms with Crippen molar-refractivity contribution in [1.29, 1.82) is 0 Å². The highest BCUT2D eigenvalue weighted by Gasteiger charge is 2.76. The molecule has 0 atom stereocenters. The van der Waals surface area contributed by atoms with Crippen LogP contribution in [0.5, 0.6) is 0 Å². The van der Waals surface area contributed by atoms with Crippen LogP contribution in [0.3, 0.4) is 0 Å². The zero-order valence-corrected chi connectivity index (χ0v) is 11.4. The van der Waals surface area contributed by atoms with Crippen molar-refractivity contribution in [2.75, 3.05) is 0 Å². The first-order valence-electron chi connectivity index (χ1n) is 5.98. The molecule has 1 aromatic rings. The average Bonchev–Trinajstić information content (AvgIpc) is 2.74. The molecule has 1 heterocycles. The predicted octanol–water partition coefficient (Wildman–Crippen LogP) is 2.66. The second-order valence-corrected chi connectivity index (χ2v) is 4.40. The van der Waals surface area contributed by atoms with Crippen molar-refractivity contribution in [2.45, 2.75) is 45.0 Å². The summed E-state index contributed by atoms with van der Waals surface area (Å²) in [4.78, 5) is 11.1. The van der Waals surface area contributed by atoms with E-state index in [0.29, 0.717) is 12.2 Å². The first-order valence-corrected chi connectivity index (χ1v) is 5.98. The standard InChI is InChI=1S/C11H12F7N3O/c1-3-21-6(2)7(5-20-21)4-19-8(22)9(12,13)10(14,15)11(16,17)18/h5H,3-4H2,1-2H3,(H,19,22). The number of hydrogen-bond acceptors (Lipinski definition) is 2. The molecule has 0 spiro atoms. The van der Waals surface area contributed by atoms with Gasteiger partial charge in [0.05, 0.1) is 6.20 Å². The number of amides is 1. The number of alkyl halides is 7. The van der Waals surface area contributed by atoms with Gasteiger partial charge in [-0.1, -0.05) is 0 Å². The first kappa shape index (κ1) is 18.2. The zero-order chi connectivity index (χ0) is 17.3. The second-order valence-electron chi connectivity index (χ2n) is 4.40. The largest absolute Gasteiger partial charge is 0.460 e. The molecule has 0 aliphatic rings. The van der Waals surface area contributed by atoms with Gasteiger partial charge in [-0.15, -0.1) is 0 Å². The van der Waals surface area contributed by atoms with Crippen molar-refractivity contribution in [3.8, 4) is 0 Å². The van der Waals surface area contributed by atoms with Gasteiger partial charge in [0.1, 0.15) is 0 Å². The van der Waals surface area contributed by atoms with Crippen molar-refractivity contribution in [2.24, 2.45) is 0 Å². The highest BCUT2D eigenvalue weighted by atomic mass is 19.4. The van der Waals surface area contributed by atoms with Crippen LogP contribution in [0.1, 0.15) is 18.2 Å². The summed E-state index contributed by atoms with van der Waals surface area (Å²) in [5.74, 6) is -15.1. The lowest BCUT2D eigenvalue weighted by molar-refractivity contribution is -0.344. The van der Waals surface area contributed by atoms with Gasteiger partial charge in [0.25, 0.3) is 5.91 Å². The molecular formula is C11H12F7N3O. The van der Waals surface area contributed by atoms with E-state index in [1.54, 1.807) is 6.92 Å². The SMILES string of the molecule is CCn1ncc(CNC(=O)C(F)(F)C(F)(F)C(F)(F)F)c1C. The Labute approximate surface area is 120 Å². The van der Waals surface area contributed by atoms with Crippen molar-refractivity contribution in [3.05, 3.63) is 17.5 Å². The van der Waals surface area contributed by atoms with Crippen LogP contribution in [0.2, 0.25) is 0 Å². The summed E-state index contributed by atoms with van der Waals surface area (Å²) in [5.41, 5.74) is 0.690. The predicted molar refractivity (Wildman–Crippen MR) is 60.4 cm³/mol. The Kier molecular flexibility index (Phi) is 4.78. The summed E-state index contributed by atoms with van der Waals surface area (Å²) in [5, 5.41) is 5.19. The van der Waals surface area contributed by atoms with Crippen LogP contribution in [0.25, 0.3) is 0 Å². The van der Waals surface area contributed by atoms with Crippen LogP contribution in [0.4, 0.5) is 30.7 Å². The number of carbonyl (C=O) groups is 1. The molecule has 1 amide bonds. The Morgan fingerprint density at radius 2 is 1.77 bits per heavy atom. The second kappa shape index (κ2) is 5.76. The molecule has 22 heavy (non-hydrogen) atoms. The Balaban J connectivity index is 2.86. The molecule has 0 bridgehead atoms. The summed E-state index contributed by atoms with van der Waals surface area (Å²) in [6, 6.07) is 0. The molecule has 0 saturated heterocycles. The van der Waals surface area contributed by atoms with Crippen molar-refractivity contribution < 1.29 is 35.5 Å². The molecule has 0 saturated carbocycles. The van der Waals surface area contributed by atoms with Gasteiger partial charge in [-0.3, -0.25) is 9.48 Å². The number of hydrogen-bond donors (Lipinski definition) is 1. The van der Waals surface area contributed by atoms with Gasteiger partial charge in [0.15, 0.2) is 0 Å². The topological polar surface area (TPSA) is 46.9 Å². The van der Waals surface area contributed by atoms with Gasteiger partial charge < -0.3 is 5.32 Å². The molecule has 0 unspecified atom stereocenters. The van der Waals surface area contributed by atoms with Crippen molar-refractivity contribution in [1.82, 2.24) is 15.1 Å². The fourth-order valence-corrected chi connectivity index (χ4v) is 1.58. The third-order valence-corrected chi connectivity index (χ3v) is 2.98. The van der Waals surface area contributed by atoms with Crippen LogP contribution in [0.15, 0.2) is 6.20 Å². The van der Waals surface area contributed by atoms with Crippen LogP contribution in [0, 0.1) is 6.92 Å². The van der Waals surface area contributed by atoms with Gasteiger partial charge >= 0.3 is 18.0 Å². The number of rotatable bonds is 5. The van der Waals surface area contributed by atoms with Gasteiger partial charge in [-0.25, -0.2) is 0 Å². The molecule has 4 nitrogen and oxygen atoms in total. The van der Waals surface area contributed by atoms with Crippen LogP contribution >= 0.6 is 0 Å². The van der Waals surface area contributed by atoms with Gasteiger partial charge in [-0.05, 0) is 13.8 Å². The molecular weight excluding hydrogens is 323 g/mol. The molecule has 0 radical (unpaired) electrons. The third-order valence-electron chi connectivity index (χ3n) is 2.98. The summed E-state index contributed by atoms with van der Waals surface area (Å²) in [7, 11) is 0. The van der Waals surface area contributed by atoms with Crippen LogP contribution < -0.4 is 5.32 Å². The minimum Gasteiger partial charge on any atom is -0.346 e. The highest BCUT2D eigenvalue weighted by molar-refractivity contribution is 5.84. The molecule has 0 aliphatic heterocycles. The first-order chi connectivity index (χ1) is 9.86. The molecule has 1 aromatic heterocycles. The zero-order valence-electron chi connectivity index (χ0n) is 11.4. The highest BCUT2D eigenvalue weighted by Crippen LogP contribution is 2.46. The molecule has 0 fully saturated rings. The van der Waals surface area contributed by atoms with E-state index in [-0.39, 0.29) is 5.56 Å². The third kappa shape index (κ3) is 3.02. The van der Waals surface area contributed by atoms with E-state index in [2.05, 4.69) is 5.10 Å². The summed E-state index contributed by atoms with van der Waals surface area (Å²) >= 11 is 0. The van der Waals surface area contributed by atoms with Gasteiger partial charge in [-0.2, -0.15) is 35.8 Å². The smallest absolute Gasteiger partial charge is 0.346 e. The quantitative estimate of drug-likeness (QED) is 0.841. The summed E-state index contributed by atoms with van der Waals surface area (Å²) in [6.07, 6.45) is -5.35. The minimum absolute atomic E-state index is 0.223. The minimum atomic E-state index is -6.54. The maximum Gasteiger partial charge on any atom is 0.460 e. The molecule has 11 heteroatoms. The van der Waals surface area contributed by atoms with E-state index in [4.69, 9.17) is 0 Å². The van der Waals surface area contributed by atoms with E-state index in [1.807, 2.05) is 0 Å². The lowest BCUT2D eigenvalue weighted by atomic mass is 10.1. The molecule has 0 aromatic carbocycles. The number of aryl methyl sites for hydroxylation is 1.